The van der Waals surface area contributed by atoms with Crippen molar-refractivity contribution in [2.24, 2.45) is 11.8 Å². The van der Waals surface area contributed by atoms with Crippen LogP contribution in [0.5, 0.6) is 17.2 Å². The topological polar surface area (TPSA) is 111 Å². The average Bonchev–Trinajstić information content (AvgIpc) is 3.41. The lowest BCUT2D eigenvalue weighted by molar-refractivity contribution is -0.0295. The minimum atomic E-state index is -0.205. The van der Waals surface area contributed by atoms with E-state index in [4.69, 9.17) is 18.9 Å². The molecule has 2 aliphatic heterocycles. The number of benzene rings is 1. The van der Waals surface area contributed by atoms with E-state index in [1.807, 2.05) is 12.1 Å². The quantitative estimate of drug-likeness (QED) is 0.454. The highest BCUT2D eigenvalue weighted by atomic mass is 16.7. The van der Waals surface area contributed by atoms with Crippen LogP contribution in [0.15, 0.2) is 24.7 Å². The van der Waals surface area contributed by atoms with E-state index in [0.29, 0.717) is 76.7 Å². The number of amides is 1. The SMILES string of the molecule is CC(C)CN1CCOC(CNC(=O)c2c[nH]c3c(-c4c(OCC5CC5)ccc5c4OCO5)ncnc23)C1. The number of aromatic nitrogens is 3. The lowest BCUT2D eigenvalue weighted by Gasteiger charge is -2.33. The maximum absolute atomic E-state index is 13.2. The molecule has 196 valence electrons. The zero-order valence-corrected chi connectivity index (χ0v) is 21.3. The van der Waals surface area contributed by atoms with Gasteiger partial charge in [0.2, 0.25) is 6.79 Å². The summed E-state index contributed by atoms with van der Waals surface area (Å²) in [6, 6.07) is 3.75. The van der Waals surface area contributed by atoms with Gasteiger partial charge in [0.25, 0.3) is 5.91 Å². The largest absolute Gasteiger partial charge is 0.492 e. The van der Waals surface area contributed by atoms with E-state index in [1.165, 1.54) is 19.2 Å². The van der Waals surface area contributed by atoms with Crippen LogP contribution in [0.1, 0.15) is 37.0 Å². The molecule has 0 radical (unpaired) electrons. The van der Waals surface area contributed by atoms with Gasteiger partial charge >= 0.3 is 0 Å². The fourth-order valence-electron chi connectivity index (χ4n) is 4.98. The Hall–Kier alpha value is -3.37. The highest BCUT2D eigenvalue weighted by molar-refractivity contribution is 6.08. The Morgan fingerprint density at radius 1 is 1.27 bits per heavy atom. The Labute approximate surface area is 215 Å². The van der Waals surface area contributed by atoms with Crippen molar-refractivity contribution in [1.82, 2.24) is 25.2 Å². The van der Waals surface area contributed by atoms with Gasteiger partial charge < -0.3 is 29.2 Å². The predicted molar refractivity (Wildman–Crippen MR) is 137 cm³/mol. The van der Waals surface area contributed by atoms with E-state index in [9.17, 15) is 4.79 Å². The molecule has 1 aromatic carbocycles. The van der Waals surface area contributed by atoms with Gasteiger partial charge in [0.1, 0.15) is 23.3 Å². The first-order chi connectivity index (χ1) is 18.1. The Balaban J connectivity index is 1.24. The second-order valence-corrected chi connectivity index (χ2v) is 10.4. The van der Waals surface area contributed by atoms with Crippen LogP contribution in [-0.4, -0.2) is 78.0 Å². The normalized spacial score (nSPS) is 19.5. The molecule has 1 saturated heterocycles. The Kier molecular flexibility index (Phi) is 6.60. The molecule has 10 heteroatoms. The molecule has 3 aromatic rings. The third-order valence-electron chi connectivity index (χ3n) is 6.95. The minimum Gasteiger partial charge on any atom is -0.492 e. The maximum Gasteiger partial charge on any atom is 0.255 e. The van der Waals surface area contributed by atoms with Gasteiger partial charge in [-0.15, -0.1) is 0 Å². The molecule has 0 spiro atoms. The Morgan fingerprint density at radius 2 is 2.16 bits per heavy atom. The summed E-state index contributed by atoms with van der Waals surface area (Å²) in [6.07, 6.45) is 5.48. The number of hydrogen-bond donors (Lipinski definition) is 2. The van der Waals surface area contributed by atoms with Crippen LogP contribution < -0.4 is 19.5 Å². The standard InChI is InChI=1S/C27H33N5O5/c1-16(2)11-32-7-8-34-18(12-32)9-29-27(33)19-10-28-25-23(19)30-14-31-24(25)22-20(35-13-17-3-4-17)5-6-21-26(22)37-15-36-21/h5-6,10,14,16-18,28H,3-4,7-9,11-13,15H2,1-2H3,(H,29,33). The predicted octanol–water partition coefficient (Wildman–Crippen LogP) is 3.23. The number of carbonyl (C=O) groups excluding carboxylic acids is 1. The summed E-state index contributed by atoms with van der Waals surface area (Å²) in [4.78, 5) is 27.8. The number of fused-ring (bicyclic) bond motifs is 2. The monoisotopic (exact) mass is 507 g/mol. The summed E-state index contributed by atoms with van der Waals surface area (Å²) in [5.41, 5.74) is 2.96. The van der Waals surface area contributed by atoms with Gasteiger partial charge in [0.05, 0.1) is 36.0 Å². The third-order valence-corrected chi connectivity index (χ3v) is 6.95. The number of aromatic amines is 1. The van der Waals surface area contributed by atoms with Crippen molar-refractivity contribution < 1.29 is 23.7 Å². The van der Waals surface area contributed by atoms with Gasteiger partial charge in [-0.25, -0.2) is 9.97 Å². The van der Waals surface area contributed by atoms with E-state index in [2.05, 4.69) is 39.0 Å². The molecule has 1 amide bonds. The summed E-state index contributed by atoms with van der Waals surface area (Å²) in [6.45, 7) is 9.09. The lowest BCUT2D eigenvalue weighted by atomic mass is 10.1. The number of nitrogens with zero attached hydrogens (tertiary/aromatic N) is 3. The smallest absolute Gasteiger partial charge is 0.255 e. The lowest BCUT2D eigenvalue weighted by Crippen LogP contribution is -2.48. The average molecular weight is 508 g/mol. The molecule has 4 heterocycles. The Morgan fingerprint density at radius 3 is 3.00 bits per heavy atom. The zero-order valence-electron chi connectivity index (χ0n) is 21.3. The van der Waals surface area contributed by atoms with Gasteiger partial charge in [0, 0.05) is 32.4 Å². The number of rotatable bonds is 9. The molecular formula is C27H33N5O5. The molecule has 6 rings (SSSR count). The second kappa shape index (κ2) is 10.2. The minimum absolute atomic E-state index is 0.0397. The summed E-state index contributed by atoms with van der Waals surface area (Å²) >= 11 is 0. The van der Waals surface area contributed by atoms with Crippen molar-refractivity contribution in [3.8, 4) is 28.5 Å². The Bertz CT molecular complexity index is 1290. The maximum atomic E-state index is 13.2. The molecule has 0 bridgehead atoms. The van der Waals surface area contributed by atoms with Crippen LogP contribution in [0.25, 0.3) is 22.3 Å². The summed E-state index contributed by atoms with van der Waals surface area (Å²) in [5, 5.41) is 3.03. The molecule has 1 saturated carbocycles. The van der Waals surface area contributed by atoms with Crippen LogP contribution >= 0.6 is 0 Å². The molecule has 2 N–H and O–H groups in total. The molecule has 3 aliphatic rings. The molecule has 2 aromatic heterocycles. The van der Waals surface area contributed by atoms with Crippen molar-refractivity contribution >= 4 is 16.9 Å². The van der Waals surface area contributed by atoms with Gasteiger partial charge in [-0.1, -0.05) is 13.8 Å². The van der Waals surface area contributed by atoms with Gasteiger partial charge in [-0.2, -0.15) is 0 Å². The number of morpholine rings is 1. The second-order valence-electron chi connectivity index (χ2n) is 10.4. The zero-order chi connectivity index (χ0) is 25.4. The summed E-state index contributed by atoms with van der Waals surface area (Å²) in [5.74, 6) is 2.89. The molecule has 10 nitrogen and oxygen atoms in total. The summed E-state index contributed by atoms with van der Waals surface area (Å²) in [7, 11) is 0. The van der Waals surface area contributed by atoms with E-state index in [1.54, 1.807) is 6.20 Å². The number of hydrogen-bond acceptors (Lipinski definition) is 8. The number of ether oxygens (including phenoxy) is 4. The van der Waals surface area contributed by atoms with Crippen molar-refractivity contribution in [3.05, 3.63) is 30.2 Å². The van der Waals surface area contributed by atoms with E-state index >= 15 is 0 Å². The van der Waals surface area contributed by atoms with E-state index in [0.717, 1.165) is 19.6 Å². The first-order valence-electron chi connectivity index (χ1n) is 13.1. The molecule has 1 aliphatic carbocycles. The van der Waals surface area contributed by atoms with Gasteiger partial charge in [-0.05, 0) is 36.8 Å². The number of carbonyl (C=O) groups is 1. The van der Waals surface area contributed by atoms with Gasteiger partial charge in [0.15, 0.2) is 11.5 Å². The highest BCUT2D eigenvalue weighted by Crippen LogP contribution is 2.48. The number of nitrogens with one attached hydrogen (secondary N) is 2. The summed E-state index contributed by atoms with van der Waals surface area (Å²) < 4.78 is 23.5. The molecule has 37 heavy (non-hydrogen) atoms. The fourth-order valence-corrected chi connectivity index (χ4v) is 4.98. The van der Waals surface area contributed by atoms with E-state index in [-0.39, 0.29) is 18.8 Å². The van der Waals surface area contributed by atoms with E-state index < -0.39 is 0 Å². The van der Waals surface area contributed by atoms with Crippen LogP contribution in [0.2, 0.25) is 0 Å². The number of H-pyrrole nitrogens is 1. The molecule has 2 fully saturated rings. The fraction of sp³-hybridized carbons (Fsp3) is 0.519. The molecule has 1 unspecified atom stereocenters. The third kappa shape index (κ3) is 5.08. The van der Waals surface area contributed by atoms with Gasteiger partial charge in [-0.3, -0.25) is 9.69 Å². The van der Waals surface area contributed by atoms with Crippen molar-refractivity contribution in [1.29, 1.82) is 0 Å². The van der Waals surface area contributed by atoms with Crippen molar-refractivity contribution in [3.63, 3.8) is 0 Å². The van der Waals surface area contributed by atoms with Crippen LogP contribution in [-0.2, 0) is 4.74 Å². The first kappa shape index (κ1) is 24.0. The molecular weight excluding hydrogens is 474 g/mol. The van der Waals surface area contributed by atoms with Crippen LogP contribution in [0.3, 0.4) is 0 Å². The first-order valence-corrected chi connectivity index (χ1v) is 13.1. The van der Waals surface area contributed by atoms with Crippen molar-refractivity contribution in [2.75, 3.05) is 46.2 Å². The van der Waals surface area contributed by atoms with Crippen LogP contribution in [0, 0.1) is 11.8 Å². The molecule has 1 atom stereocenters. The van der Waals surface area contributed by atoms with Crippen molar-refractivity contribution in [2.45, 2.75) is 32.8 Å². The highest BCUT2D eigenvalue weighted by Gasteiger charge is 2.29. The van der Waals surface area contributed by atoms with Crippen LogP contribution in [0.4, 0.5) is 0 Å².